The summed E-state index contributed by atoms with van der Waals surface area (Å²) in [6.07, 6.45) is -4.62. The molecule has 1 heterocycles. The maximum absolute atomic E-state index is 14.0. The Labute approximate surface area is 206 Å². The van der Waals surface area contributed by atoms with Crippen molar-refractivity contribution in [2.75, 3.05) is 17.3 Å². The molecule has 0 bridgehead atoms. The van der Waals surface area contributed by atoms with Gasteiger partial charge in [0.15, 0.2) is 5.78 Å². The quantitative estimate of drug-likeness (QED) is 0.476. The standard InChI is InChI=1S/C28H23F3N2O3/c1-36-20-11-7-10-18(14-20)26-25-22(15-19(16-24(25)34)17-8-3-2-4-9-17)32-21-12-5-6-13-23(21)33(26)27(35)28(29,30)31/h2-14,19,26,32H,15-16H2,1H3/t19-,26+/m1/s1. The van der Waals surface area contributed by atoms with Gasteiger partial charge in [0.25, 0.3) is 0 Å². The molecule has 1 N–H and O–H groups in total. The van der Waals surface area contributed by atoms with Crippen LogP contribution in [0.4, 0.5) is 24.5 Å². The molecular formula is C28H23F3N2O3. The van der Waals surface area contributed by atoms with Gasteiger partial charge in [-0.1, -0.05) is 54.6 Å². The van der Waals surface area contributed by atoms with Crippen molar-refractivity contribution in [2.24, 2.45) is 0 Å². The van der Waals surface area contributed by atoms with Crippen LogP contribution in [0.15, 0.2) is 90.1 Å². The van der Waals surface area contributed by atoms with Crippen LogP contribution in [0.1, 0.15) is 35.9 Å². The van der Waals surface area contributed by atoms with Gasteiger partial charge in [0.1, 0.15) is 5.75 Å². The predicted octanol–water partition coefficient (Wildman–Crippen LogP) is 6.16. The highest BCUT2D eigenvalue weighted by atomic mass is 19.4. The fourth-order valence-corrected chi connectivity index (χ4v) is 5.04. The highest BCUT2D eigenvalue weighted by Crippen LogP contribution is 2.48. The zero-order valence-corrected chi connectivity index (χ0v) is 19.4. The summed E-state index contributed by atoms with van der Waals surface area (Å²) in [6.45, 7) is 0. The molecule has 0 unspecified atom stereocenters. The molecule has 0 spiro atoms. The number of allylic oxidation sites excluding steroid dienone is 1. The lowest BCUT2D eigenvalue weighted by Crippen LogP contribution is -2.45. The van der Waals surface area contributed by atoms with Crippen LogP contribution >= 0.6 is 0 Å². The van der Waals surface area contributed by atoms with Crippen LogP contribution in [-0.4, -0.2) is 25.0 Å². The summed E-state index contributed by atoms with van der Waals surface area (Å²) in [4.78, 5) is 27.4. The molecule has 0 saturated heterocycles. The Morgan fingerprint density at radius 1 is 0.944 bits per heavy atom. The average Bonchev–Trinajstić information content (AvgIpc) is 3.02. The molecule has 0 saturated carbocycles. The Hall–Kier alpha value is -4.07. The van der Waals surface area contributed by atoms with E-state index in [0.29, 0.717) is 34.0 Å². The third-order valence-corrected chi connectivity index (χ3v) is 6.63. The maximum Gasteiger partial charge on any atom is 0.471 e. The van der Waals surface area contributed by atoms with E-state index in [1.165, 1.54) is 13.2 Å². The number of Topliss-reactive ketones (excluding diaryl/α,β-unsaturated/α-hetero) is 1. The zero-order chi connectivity index (χ0) is 25.4. The molecule has 184 valence electrons. The summed E-state index contributed by atoms with van der Waals surface area (Å²) in [5.74, 6) is -2.09. The summed E-state index contributed by atoms with van der Waals surface area (Å²) in [7, 11) is 1.45. The van der Waals surface area contributed by atoms with Crippen molar-refractivity contribution in [3.63, 3.8) is 0 Å². The van der Waals surface area contributed by atoms with Crippen LogP contribution in [0.25, 0.3) is 0 Å². The number of halogens is 3. The van der Waals surface area contributed by atoms with Gasteiger partial charge in [-0.25, -0.2) is 0 Å². The smallest absolute Gasteiger partial charge is 0.471 e. The summed E-state index contributed by atoms with van der Waals surface area (Å²) in [5, 5.41) is 3.22. The number of carbonyl (C=O) groups excluding carboxylic acids is 2. The Morgan fingerprint density at radius 3 is 2.36 bits per heavy atom. The number of hydrogen-bond donors (Lipinski definition) is 1. The van der Waals surface area contributed by atoms with Crippen LogP contribution in [0.3, 0.4) is 0 Å². The normalized spacial score (nSPS) is 19.7. The van der Waals surface area contributed by atoms with Crippen LogP contribution in [0, 0.1) is 0 Å². The van der Waals surface area contributed by atoms with Crippen molar-refractivity contribution >= 4 is 23.1 Å². The number of para-hydroxylation sites is 2. The molecule has 1 amide bonds. The Morgan fingerprint density at radius 2 is 1.64 bits per heavy atom. The van der Waals surface area contributed by atoms with Crippen LogP contribution in [0.5, 0.6) is 5.75 Å². The minimum Gasteiger partial charge on any atom is -0.497 e. The average molecular weight is 492 g/mol. The molecule has 0 fully saturated rings. The number of rotatable bonds is 3. The van der Waals surface area contributed by atoms with E-state index < -0.39 is 18.1 Å². The second kappa shape index (κ2) is 9.18. The molecule has 2 atom stereocenters. The van der Waals surface area contributed by atoms with E-state index in [-0.39, 0.29) is 29.4 Å². The van der Waals surface area contributed by atoms with Crippen molar-refractivity contribution < 1.29 is 27.5 Å². The minimum atomic E-state index is -5.15. The number of nitrogens with one attached hydrogen (secondary N) is 1. The first-order valence-electron chi connectivity index (χ1n) is 11.5. The Kier molecular flexibility index (Phi) is 6.04. The maximum atomic E-state index is 14.0. The van der Waals surface area contributed by atoms with Crippen molar-refractivity contribution in [3.8, 4) is 5.75 Å². The number of benzene rings is 3. The number of anilines is 2. The highest BCUT2D eigenvalue weighted by molar-refractivity contribution is 6.07. The van der Waals surface area contributed by atoms with E-state index in [2.05, 4.69) is 5.32 Å². The molecule has 2 aliphatic rings. The van der Waals surface area contributed by atoms with Gasteiger partial charge in [0, 0.05) is 17.7 Å². The van der Waals surface area contributed by atoms with Gasteiger partial charge >= 0.3 is 12.1 Å². The van der Waals surface area contributed by atoms with E-state index in [0.717, 1.165) is 5.56 Å². The first-order chi connectivity index (χ1) is 17.3. The largest absolute Gasteiger partial charge is 0.497 e. The first kappa shape index (κ1) is 23.7. The lowest BCUT2D eigenvalue weighted by molar-refractivity contribution is -0.170. The molecule has 3 aromatic rings. The molecule has 8 heteroatoms. The van der Waals surface area contributed by atoms with E-state index in [1.807, 2.05) is 30.3 Å². The second-order valence-corrected chi connectivity index (χ2v) is 8.83. The van der Waals surface area contributed by atoms with E-state index in [9.17, 15) is 22.8 Å². The number of ether oxygens (including phenoxy) is 1. The highest BCUT2D eigenvalue weighted by Gasteiger charge is 2.50. The summed E-state index contributed by atoms with van der Waals surface area (Å²) >= 11 is 0. The Balaban J connectivity index is 1.75. The van der Waals surface area contributed by atoms with Gasteiger partial charge in [-0.2, -0.15) is 13.2 Å². The van der Waals surface area contributed by atoms with Crippen molar-refractivity contribution in [1.29, 1.82) is 0 Å². The topological polar surface area (TPSA) is 58.6 Å². The van der Waals surface area contributed by atoms with Crippen LogP contribution in [-0.2, 0) is 9.59 Å². The molecule has 3 aromatic carbocycles. The molecule has 1 aliphatic heterocycles. The predicted molar refractivity (Wildman–Crippen MR) is 130 cm³/mol. The molecular weight excluding hydrogens is 469 g/mol. The van der Waals surface area contributed by atoms with Gasteiger partial charge < -0.3 is 10.1 Å². The summed E-state index contributed by atoms with van der Waals surface area (Å²) < 4.78 is 47.2. The van der Waals surface area contributed by atoms with Crippen LogP contribution < -0.4 is 15.0 Å². The fourth-order valence-electron chi connectivity index (χ4n) is 5.04. The number of hydrogen-bond acceptors (Lipinski definition) is 4. The van der Waals surface area contributed by atoms with Gasteiger partial charge in [-0.05, 0) is 47.7 Å². The summed E-state index contributed by atoms with van der Waals surface area (Å²) in [6, 6.07) is 21.0. The second-order valence-electron chi connectivity index (χ2n) is 8.83. The number of methoxy groups -OCH3 is 1. The first-order valence-corrected chi connectivity index (χ1v) is 11.5. The molecule has 0 aromatic heterocycles. The van der Waals surface area contributed by atoms with Gasteiger partial charge in [-0.3, -0.25) is 14.5 Å². The SMILES string of the molecule is COc1cccc([C@H]2C3=C(C[C@@H](c4ccccc4)CC3=O)Nc3ccccc3N2C(=O)C(F)(F)F)c1. The van der Waals surface area contributed by atoms with Crippen molar-refractivity contribution in [3.05, 3.63) is 101 Å². The lowest BCUT2D eigenvalue weighted by Gasteiger charge is -2.35. The molecule has 0 radical (unpaired) electrons. The molecule has 5 rings (SSSR count). The van der Waals surface area contributed by atoms with E-state index in [4.69, 9.17) is 4.74 Å². The van der Waals surface area contributed by atoms with Gasteiger partial charge in [-0.15, -0.1) is 0 Å². The number of nitrogens with zero attached hydrogens (tertiary/aromatic N) is 1. The Bertz CT molecular complexity index is 1350. The fraction of sp³-hybridized carbons (Fsp3) is 0.214. The monoisotopic (exact) mass is 492 g/mol. The molecule has 36 heavy (non-hydrogen) atoms. The summed E-state index contributed by atoms with van der Waals surface area (Å²) in [5.41, 5.74) is 2.37. The lowest BCUT2D eigenvalue weighted by atomic mass is 9.78. The third kappa shape index (κ3) is 4.23. The number of fused-ring (bicyclic) bond motifs is 1. The van der Waals surface area contributed by atoms with Crippen LogP contribution in [0.2, 0.25) is 0 Å². The minimum absolute atomic E-state index is 0.0473. The van der Waals surface area contributed by atoms with Gasteiger partial charge in [0.2, 0.25) is 0 Å². The molecule has 5 nitrogen and oxygen atoms in total. The number of alkyl halides is 3. The number of amides is 1. The third-order valence-electron chi connectivity index (χ3n) is 6.63. The number of ketones is 1. The number of carbonyl (C=O) groups is 2. The van der Waals surface area contributed by atoms with E-state index in [1.54, 1.807) is 42.5 Å². The molecule has 1 aliphatic carbocycles. The van der Waals surface area contributed by atoms with Crippen molar-refractivity contribution in [2.45, 2.75) is 31.0 Å². The zero-order valence-electron chi connectivity index (χ0n) is 19.4. The van der Waals surface area contributed by atoms with Crippen molar-refractivity contribution in [1.82, 2.24) is 0 Å². The van der Waals surface area contributed by atoms with E-state index >= 15 is 0 Å². The van der Waals surface area contributed by atoms with Gasteiger partial charge in [0.05, 0.1) is 24.5 Å².